The van der Waals surface area contributed by atoms with Gasteiger partial charge in [0.05, 0.1) is 28.3 Å². The zero-order valence-corrected chi connectivity index (χ0v) is 21.9. The van der Waals surface area contributed by atoms with Crippen molar-refractivity contribution in [3.63, 3.8) is 0 Å². The molecule has 0 bridgehead atoms. The number of pyridine rings is 1. The average molecular weight is 516 g/mol. The molecule has 1 aromatic carbocycles. The van der Waals surface area contributed by atoms with Crippen LogP contribution in [-0.4, -0.2) is 70.5 Å². The molecule has 186 valence electrons. The van der Waals surface area contributed by atoms with Gasteiger partial charge in [0.1, 0.15) is 0 Å². The molecular weight excluding hydrogens is 486 g/mol. The van der Waals surface area contributed by atoms with Gasteiger partial charge in [0.15, 0.2) is 10.8 Å². The number of hydrogen-bond acceptors (Lipinski definition) is 8. The first-order chi connectivity index (χ1) is 16.9. The Kier molecular flexibility index (Phi) is 8.30. The number of rotatable bonds is 8. The largest absolute Gasteiger partial charge is 0.462 e. The third-order valence-corrected chi connectivity index (χ3v) is 7.48. The lowest BCUT2D eigenvalue weighted by Crippen LogP contribution is -2.46. The number of benzene rings is 1. The van der Waals surface area contributed by atoms with Crippen LogP contribution in [0.2, 0.25) is 5.02 Å². The first kappa shape index (κ1) is 25.5. The van der Waals surface area contributed by atoms with Crippen LogP contribution >= 0.6 is 23.4 Å². The predicted octanol–water partition coefficient (Wildman–Crippen LogP) is 3.77. The van der Waals surface area contributed by atoms with Crippen LogP contribution in [0, 0.1) is 6.92 Å². The van der Waals surface area contributed by atoms with Gasteiger partial charge in [-0.3, -0.25) is 14.3 Å². The summed E-state index contributed by atoms with van der Waals surface area (Å²) in [6.07, 6.45) is 0.972. The molecule has 8 nitrogen and oxygen atoms in total. The highest BCUT2D eigenvalue weighted by Gasteiger charge is 2.21. The van der Waals surface area contributed by atoms with Crippen molar-refractivity contribution in [2.75, 3.05) is 50.0 Å². The van der Waals surface area contributed by atoms with Crippen LogP contribution < -0.4 is 10.5 Å². The van der Waals surface area contributed by atoms with Crippen molar-refractivity contribution < 1.29 is 9.53 Å². The average Bonchev–Trinajstić information content (AvgIpc) is 2.85. The summed E-state index contributed by atoms with van der Waals surface area (Å²) in [5.74, 6) is 0.296. The molecule has 0 atom stereocenters. The van der Waals surface area contributed by atoms with E-state index in [-0.39, 0.29) is 28.8 Å². The van der Waals surface area contributed by atoms with E-state index in [0.717, 1.165) is 55.6 Å². The van der Waals surface area contributed by atoms with Crippen molar-refractivity contribution in [2.24, 2.45) is 7.05 Å². The summed E-state index contributed by atoms with van der Waals surface area (Å²) in [6, 6.07) is 9.57. The van der Waals surface area contributed by atoms with E-state index in [9.17, 15) is 9.59 Å². The van der Waals surface area contributed by atoms with Gasteiger partial charge in [0.2, 0.25) is 0 Å². The highest BCUT2D eigenvalue weighted by molar-refractivity contribution is 7.99. The molecule has 0 unspecified atom stereocenters. The quantitative estimate of drug-likeness (QED) is 0.194. The van der Waals surface area contributed by atoms with Gasteiger partial charge in [-0.25, -0.2) is 14.8 Å². The number of halogens is 1. The molecule has 3 aromatic rings. The monoisotopic (exact) mass is 515 g/mol. The number of ether oxygens (including phenoxy) is 1. The molecule has 1 aliphatic rings. The lowest BCUT2D eigenvalue weighted by molar-refractivity contribution is 0.0528. The van der Waals surface area contributed by atoms with Gasteiger partial charge in [0, 0.05) is 44.7 Å². The third kappa shape index (κ3) is 5.79. The predicted molar refractivity (Wildman–Crippen MR) is 141 cm³/mol. The zero-order chi connectivity index (χ0) is 24.9. The molecule has 2 aromatic heterocycles. The molecule has 0 amide bonds. The highest BCUT2D eigenvalue weighted by atomic mass is 35.5. The topological polar surface area (TPSA) is 80.6 Å². The van der Waals surface area contributed by atoms with Crippen molar-refractivity contribution in [2.45, 2.75) is 25.4 Å². The molecule has 35 heavy (non-hydrogen) atoms. The number of aryl methyl sites for hydroxylation is 1. The standard InChI is InChI=1S/C25H30ClN5O3S/c1-4-34-24(33)18-16-17(2)27-22-21(18)23(32)29(3)25(28-22)35-15-7-10-30-11-13-31(14-12-30)20-9-6-5-8-19(20)26/h5-6,8-9,16H,4,7,10-15H2,1-3H3. The van der Waals surface area contributed by atoms with Gasteiger partial charge in [0.25, 0.3) is 5.56 Å². The van der Waals surface area contributed by atoms with Crippen molar-refractivity contribution in [3.8, 4) is 0 Å². The maximum absolute atomic E-state index is 13.1. The number of thioether (sulfide) groups is 1. The van der Waals surface area contributed by atoms with Crippen molar-refractivity contribution in [1.29, 1.82) is 0 Å². The Morgan fingerprint density at radius 2 is 1.91 bits per heavy atom. The summed E-state index contributed by atoms with van der Waals surface area (Å²) in [4.78, 5) is 39.3. The second kappa shape index (κ2) is 11.4. The molecule has 3 heterocycles. The molecule has 0 radical (unpaired) electrons. The summed E-state index contributed by atoms with van der Waals surface area (Å²) < 4.78 is 6.62. The van der Waals surface area contributed by atoms with Gasteiger partial charge < -0.3 is 9.64 Å². The summed E-state index contributed by atoms with van der Waals surface area (Å²) in [5, 5.41) is 1.60. The second-order valence-electron chi connectivity index (χ2n) is 8.47. The summed E-state index contributed by atoms with van der Waals surface area (Å²) >= 11 is 7.88. The fourth-order valence-corrected chi connectivity index (χ4v) is 5.38. The number of carbonyl (C=O) groups excluding carboxylic acids is 1. The highest BCUT2D eigenvalue weighted by Crippen LogP contribution is 2.26. The van der Waals surface area contributed by atoms with Gasteiger partial charge in [-0.2, -0.15) is 0 Å². The number of nitrogens with zero attached hydrogens (tertiary/aromatic N) is 5. The summed E-state index contributed by atoms with van der Waals surface area (Å²) in [7, 11) is 1.68. The van der Waals surface area contributed by atoms with Gasteiger partial charge >= 0.3 is 5.97 Å². The van der Waals surface area contributed by atoms with Crippen LogP contribution in [0.3, 0.4) is 0 Å². The molecule has 1 fully saturated rings. The van der Waals surface area contributed by atoms with Gasteiger partial charge in [-0.1, -0.05) is 35.5 Å². The van der Waals surface area contributed by atoms with Crippen LogP contribution in [0.15, 0.2) is 40.3 Å². The molecule has 1 saturated heterocycles. The Labute approximate surface area is 214 Å². The third-order valence-electron chi connectivity index (χ3n) is 6.05. The normalized spacial score (nSPS) is 14.5. The lowest BCUT2D eigenvalue weighted by atomic mass is 10.1. The minimum atomic E-state index is -0.531. The van der Waals surface area contributed by atoms with Crippen molar-refractivity contribution in [1.82, 2.24) is 19.4 Å². The van der Waals surface area contributed by atoms with E-state index in [1.165, 1.54) is 16.3 Å². The Hall–Kier alpha value is -2.62. The van der Waals surface area contributed by atoms with Crippen molar-refractivity contribution >= 4 is 46.1 Å². The van der Waals surface area contributed by atoms with E-state index in [4.69, 9.17) is 16.3 Å². The van der Waals surface area contributed by atoms with E-state index in [2.05, 4.69) is 25.8 Å². The minimum Gasteiger partial charge on any atom is -0.462 e. The molecular formula is C25H30ClN5O3S. The lowest BCUT2D eigenvalue weighted by Gasteiger charge is -2.36. The van der Waals surface area contributed by atoms with E-state index in [1.54, 1.807) is 27.0 Å². The molecule has 1 aliphatic heterocycles. The molecule has 0 N–H and O–H groups in total. The van der Waals surface area contributed by atoms with E-state index in [1.807, 2.05) is 18.2 Å². The first-order valence-corrected chi connectivity index (χ1v) is 13.2. The minimum absolute atomic E-state index is 0.206. The number of anilines is 1. The SMILES string of the molecule is CCOC(=O)c1cc(C)nc2nc(SCCCN3CCN(c4ccccc4Cl)CC3)n(C)c(=O)c12. The van der Waals surface area contributed by atoms with Crippen molar-refractivity contribution in [3.05, 3.63) is 57.0 Å². The second-order valence-corrected chi connectivity index (χ2v) is 9.94. The van der Waals surface area contributed by atoms with Gasteiger partial charge in [-0.15, -0.1) is 0 Å². The number of carbonyl (C=O) groups is 1. The number of esters is 1. The molecule has 0 saturated carbocycles. The fourth-order valence-electron chi connectivity index (χ4n) is 4.24. The Balaban J connectivity index is 1.36. The van der Waals surface area contributed by atoms with E-state index in [0.29, 0.717) is 10.9 Å². The van der Waals surface area contributed by atoms with Crippen LogP contribution in [-0.2, 0) is 11.8 Å². The number of para-hydroxylation sites is 1. The number of hydrogen-bond donors (Lipinski definition) is 0. The Bertz CT molecular complexity index is 1270. The summed E-state index contributed by atoms with van der Waals surface area (Å²) in [5.41, 5.74) is 1.93. The van der Waals surface area contributed by atoms with Crippen LogP contribution in [0.5, 0.6) is 0 Å². The van der Waals surface area contributed by atoms with Gasteiger partial charge in [-0.05, 0) is 45.0 Å². The first-order valence-electron chi connectivity index (χ1n) is 11.8. The Morgan fingerprint density at radius 3 is 2.63 bits per heavy atom. The molecule has 10 heteroatoms. The maximum Gasteiger partial charge on any atom is 0.339 e. The fraction of sp³-hybridized carbons (Fsp3) is 0.440. The molecule has 0 aliphatic carbocycles. The molecule has 4 rings (SSSR count). The van der Waals surface area contributed by atoms with Crippen LogP contribution in [0.25, 0.3) is 11.0 Å². The maximum atomic E-state index is 13.1. The number of piperazine rings is 1. The molecule has 0 spiro atoms. The Morgan fingerprint density at radius 1 is 1.17 bits per heavy atom. The number of fused-ring (bicyclic) bond motifs is 1. The van der Waals surface area contributed by atoms with Crippen LogP contribution in [0.4, 0.5) is 5.69 Å². The van der Waals surface area contributed by atoms with E-state index >= 15 is 0 Å². The number of aromatic nitrogens is 3. The summed E-state index contributed by atoms with van der Waals surface area (Å²) in [6.45, 7) is 8.60. The van der Waals surface area contributed by atoms with E-state index < -0.39 is 5.97 Å². The zero-order valence-electron chi connectivity index (χ0n) is 20.3. The van der Waals surface area contributed by atoms with Crippen LogP contribution in [0.1, 0.15) is 29.4 Å². The smallest absolute Gasteiger partial charge is 0.339 e.